The van der Waals surface area contributed by atoms with Gasteiger partial charge in [0.05, 0.1) is 28.4 Å². The van der Waals surface area contributed by atoms with Gasteiger partial charge in [-0.1, -0.05) is 49.0 Å². The summed E-state index contributed by atoms with van der Waals surface area (Å²) in [5, 5.41) is 3.98. The van der Waals surface area contributed by atoms with E-state index in [9.17, 15) is 9.59 Å². The van der Waals surface area contributed by atoms with Gasteiger partial charge in [0.25, 0.3) is 5.56 Å². The summed E-state index contributed by atoms with van der Waals surface area (Å²) in [5.41, 5.74) is 2.37. The van der Waals surface area contributed by atoms with Gasteiger partial charge in [0.15, 0.2) is 5.16 Å². The summed E-state index contributed by atoms with van der Waals surface area (Å²) >= 11 is 1.28. The number of para-hydroxylation sites is 2. The molecular formula is C24H29N3O3S. The van der Waals surface area contributed by atoms with Gasteiger partial charge in [0, 0.05) is 13.2 Å². The van der Waals surface area contributed by atoms with E-state index in [0.717, 1.165) is 24.1 Å². The Kier molecular flexibility index (Phi) is 8.26. The Morgan fingerprint density at radius 3 is 2.68 bits per heavy atom. The molecule has 1 N–H and O–H groups in total. The zero-order valence-electron chi connectivity index (χ0n) is 18.3. The standard InChI is InChI=1S/C24H29N3O3S/c1-4-18-10-5-8-13-21(18)27-23(29)19-11-6-7-12-20(19)26-24(27)31-16-22(28)25-14-9-15-30-17(2)3/h5-8,10-13,17H,4,9,14-16H2,1-3H3,(H,25,28). The Labute approximate surface area is 187 Å². The Bertz CT molecular complexity index is 1090. The Balaban J connectivity index is 1.83. The number of thioether (sulfide) groups is 1. The molecule has 1 amide bonds. The summed E-state index contributed by atoms with van der Waals surface area (Å²) in [5.74, 6) is 0.0942. The summed E-state index contributed by atoms with van der Waals surface area (Å²) < 4.78 is 7.12. The molecule has 0 radical (unpaired) electrons. The summed E-state index contributed by atoms with van der Waals surface area (Å²) in [7, 11) is 0. The molecule has 0 aliphatic rings. The molecule has 1 heterocycles. The molecule has 7 heteroatoms. The van der Waals surface area contributed by atoms with Crippen LogP contribution in [-0.4, -0.2) is 40.5 Å². The highest BCUT2D eigenvalue weighted by molar-refractivity contribution is 7.99. The second kappa shape index (κ2) is 11.1. The molecule has 0 aliphatic carbocycles. The molecule has 3 rings (SSSR count). The molecule has 0 saturated heterocycles. The van der Waals surface area contributed by atoms with Crippen LogP contribution < -0.4 is 10.9 Å². The third-order valence-corrected chi connectivity index (χ3v) is 5.72. The number of aryl methyl sites for hydroxylation is 1. The second-order valence-corrected chi connectivity index (χ2v) is 8.39. The number of rotatable bonds is 10. The predicted octanol–water partition coefficient (Wildman–Crippen LogP) is 3.97. The molecule has 2 aromatic carbocycles. The van der Waals surface area contributed by atoms with Crippen LogP contribution in [0.1, 0.15) is 32.8 Å². The van der Waals surface area contributed by atoms with Crippen molar-refractivity contribution in [3.63, 3.8) is 0 Å². The molecule has 1 aromatic heterocycles. The fourth-order valence-electron chi connectivity index (χ4n) is 3.25. The van der Waals surface area contributed by atoms with Crippen LogP contribution in [0.25, 0.3) is 16.6 Å². The van der Waals surface area contributed by atoms with Gasteiger partial charge in [0.1, 0.15) is 0 Å². The van der Waals surface area contributed by atoms with Crippen molar-refractivity contribution >= 4 is 28.6 Å². The summed E-state index contributed by atoms with van der Waals surface area (Å²) in [6.45, 7) is 7.21. The highest BCUT2D eigenvalue weighted by Crippen LogP contribution is 2.23. The van der Waals surface area contributed by atoms with E-state index in [-0.39, 0.29) is 23.3 Å². The van der Waals surface area contributed by atoms with Crippen LogP contribution in [0, 0.1) is 0 Å². The van der Waals surface area contributed by atoms with Gasteiger partial charge in [-0.3, -0.25) is 14.2 Å². The number of ether oxygens (including phenoxy) is 1. The molecule has 0 saturated carbocycles. The lowest BCUT2D eigenvalue weighted by Gasteiger charge is -2.16. The highest BCUT2D eigenvalue weighted by Gasteiger charge is 2.16. The zero-order chi connectivity index (χ0) is 22.2. The van der Waals surface area contributed by atoms with Gasteiger partial charge in [0.2, 0.25) is 5.91 Å². The largest absolute Gasteiger partial charge is 0.379 e. The number of aromatic nitrogens is 2. The van der Waals surface area contributed by atoms with Crippen molar-refractivity contribution < 1.29 is 9.53 Å². The molecule has 31 heavy (non-hydrogen) atoms. The zero-order valence-corrected chi connectivity index (χ0v) is 19.1. The number of nitrogens with one attached hydrogen (secondary N) is 1. The maximum atomic E-state index is 13.4. The summed E-state index contributed by atoms with van der Waals surface area (Å²) in [4.78, 5) is 30.4. The Hall–Kier alpha value is -2.64. The average Bonchev–Trinajstić information content (AvgIpc) is 2.77. The van der Waals surface area contributed by atoms with Gasteiger partial charge >= 0.3 is 0 Å². The number of benzene rings is 2. The lowest BCUT2D eigenvalue weighted by molar-refractivity contribution is -0.118. The first-order valence-electron chi connectivity index (χ1n) is 10.6. The minimum absolute atomic E-state index is 0.0905. The van der Waals surface area contributed by atoms with Crippen LogP contribution in [0.15, 0.2) is 58.5 Å². The van der Waals surface area contributed by atoms with Crippen molar-refractivity contribution in [2.75, 3.05) is 18.9 Å². The highest BCUT2D eigenvalue weighted by atomic mass is 32.2. The average molecular weight is 440 g/mol. The molecule has 0 bridgehead atoms. The monoisotopic (exact) mass is 439 g/mol. The maximum Gasteiger partial charge on any atom is 0.266 e. The van der Waals surface area contributed by atoms with Crippen LogP contribution in [0.3, 0.4) is 0 Å². The molecule has 0 spiro atoms. The first-order valence-corrected chi connectivity index (χ1v) is 11.6. The molecule has 0 unspecified atom stereocenters. The SMILES string of the molecule is CCc1ccccc1-n1c(SCC(=O)NCCCOC(C)C)nc2ccccc2c1=O. The smallest absolute Gasteiger partial charge is 0.266 e. The van der Waals surface area contributed by atoms with Crippen molar-refractivity contribution in [3.8, 4) is 5.69 Å². The normalized spacial score (nSPS) is 11.2. The van der Waals surface area contributed by atoms with E-state index in [0.29, 0.717) is 29.2 Å². The molecule has 0 fully saturated rings. The summed E-state index contributed by atoms with van der Waals surface area (Å²) in [6.07, 6.45) is 1.74. The van der Waals surface area contributed by atoms with Crippen molar-refractivity contribution in [2.24, 2.45) is 0 Å². The number of carbonyl (C=O) groups excluding carboxylic acids is 1. The molecule has 6 nitrogen and oxygen atoms in total. The molecule has 3 aromatic rings. The van der Waals surface area contributed by atoms with E-state index in [4.69, 9.17) is 9.72 Å². The van der Waals surface area contributed by atoms with Crippen molar-refractivity contribution in [1.82, 2.24) is 14.9 Å². The van der Waals surface area contributed by atoms with E-state index in [2.05, 4.69) is 12.2 Å². The third-order valence-electron chi connectivity index (χ3n) is 4.79. The number of amides is 1. The maximum absolute atomic E-state index is 13.4. The number of hydrogen-bond acceptors (Lipinski definition) is 5. The fraction of sp³-hybridized carbons (Fsp3) is 0.375. The minimum atomic E-state index is -0.125. The van der Waals surface area contributed by atoms with E-state index >= 15 is 0 Å². The van der Waals surface area contributed by atoms with Gasteiger partial charge in [-0.2, -0.15) is 0 Å². The molecule has 164 valence electrons. The molecule has 0 atom stereocenters. The van der Waals surface area contributed by atoms with Crippen LogP contribution in [0.5, 0.6) is 0 Å². The van der Waals surface area contributed by atoms with E-state index in [1.807, 2.05) is 56.3 Å². The minimum Gasteiger partial charge on any atom is -0.379 e. The van der Waals surface area contributed by atoms with Crippen LogP contribution in [0.4, 0.5) is 0 Å². The third kappa shape index (κ3) is 5.95. The lowest BCUT2D eigenvalue weighted by atomic mass is 10.1. The molecule has 0 aliphatic heterocycles. The number of carbonyl (C=O) groups is 1. The van der Waals surface area contributed by atoms with Crippen LogP contribution in [-0.2, 0) is 16.0 Å². The van der Waals surface area contributed by atoms with Gasteiger partial charge in [-0.05, 0) is 50.5 Å². The number of fused-ring (bicyclic) bond motifs is 1. The van der Waals surface area contributed by atoms with Crippen LogP contribution >= 0.6 is 11.8 Å². The van der Waals surface area contributed by atoms with Crippen molar-refractivity contribution in [1.29, 1.82) is 0 Å². The first-order chi connectivity index (χ1) is 15.0. The van der Waals surface area contributed by atoms with E-state index < -0.39 is 0 Å². The van der Waals surface area contributed by atoms with E-state index in [1.165, 1.54) is 11.8 Å². The van der Waals surface area contributed by atoms with Gasteiger partial charge in [-0.15, -0.1) is 0 Å². The molecular weight excluding hydrogens is 410 g/mol. The fourth-order valence-corrected chi connectivity index (χ4v) is 4.09. The van der Waals surface area contributed by atoms with Gasteiger partial charge < -0.3 is 10.1 Å². The first kappa shape index (κ1) is 23.0. The van der Waals surface area contributed by atoms with Crippen molar-refractivity contribution in [3.05, 3.63) is 64.4 Å². The second-order valence-electron chi connectivity index (χ2n) is 7.45. The topological polar surface area (TPSA) is 73.2 Å². The quantitative estimate of drug-likeness (QED) is 0.294. The Morgan fingerprint density at radius 1 is 1.16 bits per heavy atom. The van der Waals surface area contributed by atoms with Crippen molar-refractivity contribution in [2.45, 2.75) is 44.9 Å². The van der Waals surface area contributed by atoms with Crippen LogP contribution in [0.2, 0.25) is 0 Å². The summed E-state index contributed by atoms with van der Waals surface area (Å²) in [6, 6.07) is 15.1. The number of nitrogens with zero attached hydrogens (tertiary/aromatic N) is 2. The predicted molar refractivity (Wildman–Crippen MR) is 126 cm³/mol. The van der Waals surface area contributed by atoms with E-state index in [1.54, 1.807) is 10.6 Å². The Morgan fingerprint density at radius 2 is 1.90 bits per heavy atom. The lowest BCUT2D eigenvalue weighted by Crippen LogP contribution is -2.28. The van der Waals surface area contributed by atoms with Gasteiger partial charge in [-0.25, -0.2) is 4.98 Å². The number of hydrogen-bond donors (Lipinski definition) is 1.